The van der Waals surface area contributed by atoms with Crippen molar-refractivity contribution in [1.82, 2.24) is 19.8 Å². The number of H-pyrrole nitrogens is 1. The van der Waals surface area contributed by atoms with Gasteiger partial charge in [0.1, 0.15) is 0 Å². The standard InChI is InChI=1S/C14H22N4O2S/c1-4-8-18(9-5-2)21(19,20)14-13(11(3)16-17-14)10-15-12-6-7-12/h1,12,15H,5-10H2,2-3H3,(H,16,17). The van der Waals surface area contributed by atoms with E-state index < -0.39 is 10.0 Å². The second-order valence-electron chi connectivity index (χ2n) is 5.33. The summed E-state index contributed by atoms with van der Waals surface area (Å²) in [6, 6.07) is 0.507. The molecule has 1 aliphatic rings. The number of aryl methyl sites for hydroxylation is 1. The van der Waals surface area contributed by atoms with Gasteiger partial charge in [0.25, 0.3) is 10.0 Å². The number of hydrogen-bond donors (Lipinski definition) is 2. The van der Waals surface area contributed by atoms with Gasteiger partial charge >= 0.3 is 0 Å². The second-order valence-corrected chi connectivity index (χ2v) is 7.18. The first-order valence-corrected chi connectivity index (χ1v) is 8.65. The molecule has 1 aliphatic carbocycles. The molecule has 0 amide bonds. The molecule has 1 fully saturated rings. The quantitative estimate of drug-likeness (QED) is 0.702. The first kappa shape index (κ1) is 16.0. The minimum Gasteiger partial charge on any atom is -0.310 e. The number of sulfonamides is 1. The fourth-order valence-corrected chi connectivity index (χ4v) is 3.75. The lowest BCUT2D eigenvalue weighted by Crippen LogP contribution is -2.33. The van der Waals surface area contributed by atoms with E-state index in [4.69, 9.17) is 6.42 Å². The smallest absolute Gasteiger partial charge is 0.263 e. The molecule has 0 bridgehead atoms. The zero-order valence-electron chi connectivity index (χ0n) is 12.5. The van der Waals surface area contributed by atoms with E-state index in [1.165, 1.54) is 4.31 Å². The lowest BCUT2D eigenvalue weighted by molar-refractivity contribution is 0.442. The highest BCUT2D eigenvalue weighted by Gasteiger charge is 2.30. The summed E-state index contributed by atoms with van der Waals surface area (Å²) in [5, 5.41) is 10.2. The zero-order chi connectivity index (χ0) is 15.5. The molecule has 2 N–H and O–H groups in total. The highest BCUT2D eigenvalue weighted by Crippen LogP contribution is 2.23. The Morgan fingerprint density at radius 3 is 2.81 bits per heavy atom. The third-order valence-corrected chi connectivity index (χ3v) is 5.32. The summed E-state index contributed by atoms with van der Waals surface area (Å²) >= 11 is 0. The fourth-order valence-electron chi connectivity index (χ4n) is 2.14. The van der Waals surface area contributed by atoms with E-state index in [9.17, 15) is 8.42 Å². The first-order valence-electron chi connectivity index (χ1n) is 7.21. The van der Waals surface area contributed by atoms with Crippen LogP contribution in [0.3, 0.4) is 0 Å². The van der Waals surface area contributed by atoms with E-state index in [-0.39, 0.29) is 11.6 Å². The molecule has 7 heteroatoms. The normalized spacial score (nSPS) is 15.3. The molecular formula is C14H22N4O2S. The third-order valence-electron chi connectivity index (χ3n) is 3.51. The van der Waals surface area contributed by atoms with Crippen LogP contribution in [0.1, 0.15) is 37.4 Å². The van der Waals surface area contributed by atoms with Crippen LogP contribution in [0.4, 0.5) is 0 Å². The van der Waals surface area contributed by atoms with Crippen molar-refractivity contribution in [2.24, 2.45) is 0 Å². The molecule has 116 valence electrons. The van der Waals surface area contributed by atoms with Gasteiger partial charge in [0.05, 0.1) is 6.54 Å². The Balaban J connectivity index is 2.27. The van der Waals surface area contributed by atoms with Crippen LogP contribution in [-0.2, 0) is 16.6 Å². The lowest BCUT2D eigenvalue weighted by atomic mass is 10.2. The van der Waals surface area contributed by atoms with Crippen molar-refractivity contribution in [3.63, 3.8) is 0 Å². The fraction of sp³-hybridized carbons (Fsp3) is 0.643. The lowest BCUT2D eigenvalue weighted by Gasteiger charge is -2.18. The molecular weight excluding hydrogens is 288 g/mol. The molecule has 0 saturated heterocycles. The molecule has 0 radical (unpaired) electrons. The summed E-state index contributed by atoms with van der Waals surface area (Å²) in [5.74, 6) is 2.41. The SMILES string of the molecule is C#CCN(CCC)S(=O)(=O)c1n[nH]c(C)c1CNC1CC1. The summed E-state index contributed by atoms with van der Waals surface area (Å²) in [4.78, 5) is 0. The molecule has 6 nitrogen and oxygen atoms in total. The molecule has 1 aromatic rings. The Hall–Kier alpha value is -1.36. The highest BCUT2D eigenvalue weighted by atomic mass is 32.2. The molecule has 1 saturated carbocycles. The van der Waals surface area contributed by atoms with Gasteiger partial charge in [-0.25, -0.2) is 8.42 Å². The Morgan fingerprint density at radius 2 is 2.24 bits per heavy atom. The van der Waals surface area contributed by atoms with Crippen LogP contribution in [0.15, 0.2) is 5.03 Å². The van der Waals surface area contributed by atoms with E-state index in [0.29, 0.717) is 31.1 Å². The van der Waals surface area contributed by atoms with E-state index in [0.717, 1.165) is 18.5 Å². The maximum atomic E-state index is 12.7. The average Bonchev–Trinajstić information content (AvgIpc) is 3.19. The Kier molecular flexibility index (Phi) is 5.04. The second kappa shape index (κ2) is 6.60. The number of nitrogens with one attached hydrogen (secondary N) is 2. The van der Waals surface area contributed by atoms with Crippen molar-refractivity contribution in [2.75, 3.05) is 13.1 Å². The largest absolute Gasteiger partial charge is 0.310 e. The molecule has 1 aromatic heterocycles. The van der Waals surface area contributed by atoms with E-state index in [1.54, 1.807) is 0 Å². The van der Waals surface area contributed by atoms with Crippen LogP contribution in [-0.4, -0.2) is 42.1 Å². The third kappa shape index (κ3) is 3.64. The van der Waals surface area contributed by atoms with Crippen LogP contribution in [0, 0.1) is 19.3 Å². The number of nitrogens with zero attached hydrogens (tertiary/aromatic N) is 2. The minimum absolute atomic E-state index is 0.0670. The predicted molar refractivity (Wildman–Crippen MR) is 81.1 cm³/mol. The average molecular weight is 310 g/mol. The Labute approximate surface area is 126 Å². The highest BCUT2D eigenvalue weighted by molar-refractivity contribution is 7.89. The molecule has 2 rings (SSSR count). The molecule has 0 spiro atoms. The van der Waals surface area contributed by atoms with Crippen molar-refractivity contribution >= 4 is 10.0 Å². The molecule has 0 aliphatic heterocycles. The number of hydrogen-bond acceptors (Lipinski definition) is 4. The molecule has 0 aromatic carbocycles. The zero-order valence-corrected chi connectivity index (χ0v) is 13.3. The summed E-state index contributed by atoms with van der Waals surface area (Å²) in [6.45, 7) is 4.73. The van der Waals surface area contributed by atoms with Crippen molar-refractivity contribution < 1.29 is 8.42 Å². The maximum Gasteiger partial charge on any atom is 0.263 e. The predicted octanol–water partition coefficient (Wildman–Crippen LogP) is 1.00. The van der Waals surface area contributed by atoms with Gasteiger partial charge in [0, 0.05) is 30.4 Å². The van der Waals surface area contributed by atoms with Crippen LogP contribution in [0.5, 0.6) is 0 Å². The van der Waals surface area contributed by atoms with Gasteiger partial charge in [0.15, 0.2) is 5.03 Å². The first-order chi connectivity index (χ1) is 10.0. The summed E-state index contributed by atoms with van der Waals surface area (Å²) in [7, 11) is -3.65. The number of aromatic nitrogens is 2. The van der Waals surface area contributed by atoms with Crippen LogP contribution in [0.25, 0.3) is 0 Å². The van der Waals surface area contributed by atoms with E-state index in [2.05, 4.69) is 21.4 Å². The minimum atomic E-state index is -3.65. The van der Waals surface area contributed by atoms with Crippen LogP contribution >= 0.6 is 0 Å². The van der Waals surface area contributed by atoms with Crippen LogP contribution < -0.4 is 5.32 Å². The summed E-state index contributed by atoms with van der Waals surface area (Å²) in [6.07, 6.45) is 8.30. The van der Waals surface area contributed by atoms with Gasteiger partial charge in [-0.15, -0.1) is 6.42 Å². The summed E-state index contributed by atoms with van der Waals surface area (Å²) in [5.41, 5.74) is 1.49. The Bertz CT molecular complexity index is 626. The van der Waals surface area contributed by atoms with Crippen molar-refractivity contribution in [3.05, 3.63) is 11.3 Å². The van der Waals surface area contributed by atoms with Gasteiger partial charge < -0.3 is 5.32 Å². The Morgan fingerprint density at radius 1 is 1.52 bits per heavy atom. The van der Waals surface area contributed by atoms with Crippen molar-refractivity contribution in [1.29, 1.82) is 0 Å². The van der Waals surface area contributed by atoms with Gasteiger partial charge in [-0.1, -0.05) is 12.8 Å². The molecule has 1 heterocycles. The van der Waals surface area contributed by atoms with Gasteiger partial charge in [-0.2, -0.15) is 9.40 Å². The molecule has 0 unspecified atom stereocenters. The maximum absolute atomic E-state index is 12.7. The van der Waals surface area contributed by atoms with Crippen molar-refractivity contribution in [3.8, 4) is 12.3 Å². The van der Waals surface area contributed by atoms with E-state index >= 15 is 0 Å². The van der Waals surface area contributed by atoms with Crippen molar-refractivity contribution in [2.45, 2.75) is 50.7 Å². The summed E-state index contributed by atoms with van der Waals surface area (Å²) < 4.78 is 26.8. The topological polar surface area (TPSA) is 78.1 Å². The number of rotatable bonds is 8. The molecule has 0 atom stereocenters. The number of terminal acetylenes is 1. The van der Waals surface area contributed by atoms with E-state index in [1.807, 2.05) is 13.8 Å². The van der Waals surface area contributed by atoms with Crippen LogP contribution in [0.2, 0.25) is 0 Å². The monoisotopic (exact) mass is 310 g/mol. The number of aromatic amines is 1. The van der Waals surface area contributed by atoms with Gasteiger partial charge in [-0.05, 0) is 26.2 Å². The van der Waals surface area contributed by atoms with Gasteiger partial charge in [-0.3, -0.25) is 5.10 Å². The van der Waals surface area contributed by atoms with Gasteiger partial charge in [0.2, 0.25) is 0 Å². The molecule has 21 heavy (non-hydrogen) atoms.